The zero-order valence-corrected chi connectivity index (χ0v) is 11.3. The van der Waals surface area contributed by atoms with Gasteiger partial charge >= 0.3 is 5.97 Å². The maximum Gasteiger partial charge on any atom is 0.309 e. The molecule has 1 aliphatic rings. The molecule has 1 heterocycles. The lowest BCUT2D eigenvalue weighted by Crippen LogP contribution is -2.41. The number of aliphatic hydroxyl groups is 1. The van der Waals surface area contributed by atoms with Gasteiger partial charge in [0.05, 0.1) is 18.6 Å². The average molecular weight is 294 g/mol. The van der Waals surface area contributed by atoms with Crippen LogP contribution in [-0.2, 0) is 9.53 Å². The number of nitrogens with zero attached hydrogens (tertiary/aromatic N) is 1. The van der Waals surface area contributed by atoms with Crippen LogP contribution in [0.25, 0.3) is 0 Å². The van der Waals surface area contributed by atoms with Gasteiger partial charge in [-0.05, 0) is 32.9 Å². The molecule has 0 spiro atoms. The van der Waals surface area contributed by atoms with Crippen molar-refractivity contribution in [2.24, 2.45) is 5.92 Å². The third kappa shape index (κ3) is 4.39. The van der Waals surface area contributed by atoms with Gasteiger partial charge < -0.3 is 14.7 Å². The van der Waals surface area contributed by atoms with Crippen LogP contribution in [0.1, 0.15) is 19.8 Å². The van der Waals surface area contributed by atoms with Gasteiger partial charge in [-0.3, -0.25) is 4.79 Å². The molecular weight excluding hydrogens is 274 g/mol. The SMILES string of the molecule is CCOC(=O)C1CCN(CC(O)CBr)CC1. The van der Waals surface area contributed by atoms with Crippen molar-refractivity contribution in [3.05, 3.63) is 0 Å². The monoisotopic (exact) mass is 293 g/mol. The topological polar surface area (TPSA) is 49.8 Å². The molecule has 5 heteroatoms. The Morgan fingerprint density at radius 2 is 2.19 bits per heavy atom. The molecule has 0 aliphatic carbocycles. The molecule has 0 radical (unpaired) electrons. The molecule has 94 valence electrons. The Morgan fingerprint density at radius 3 is 2.69 bits per heavy atom. The first-order chi connectivity index (χ1) is 7.67. The van der Waals surface area contributed by atoms with Gasteiger partial charge in [0.15, 0.2) is 0 Å². The van der Waals surface area contributed by atoms with Crippen molar-refractivity contribution in [1.82, 2.24) is 4.90 Å². The summed E-state index contributed by atoms with van der Waals surface area (Å²) in [5, 5.41) is 10.1. The summed E-state index contributed by atoms with van der Waals surface area (Å²) in [6.07, 6.45) is 1.36. The Labute approximate surface area is 105 Å². The van der Waals surface area contributed by atoms with Crippen LogP contribution in [0.15, 0.2) is 0 Å². The fourth-order valence-corrected chi connectivity index (χ4v) is 2.16. The van der Waals surface area contributed by atoms with Crippen LogP contribution in [0.4, 0.5) is 0 Å². The minimum Gasteiger partial charge on any atom is -0.466 e. The van der Waals surface area contributed by atoms with E-state index in [0.717, 1.165) is 25.9 Å². The van der Waals surface area contributed by atoms with E-state index in [0.29, 0.717) is 18.5 Å². The van der Waals surface area contributed by atoms with E-state index < -0.39 is 0 Å². The Kier molecular flexibility index (Phi) is 6.31. The number of carbonyl (C=O) groups excluding carboxylic acids is 1. The number of halogens is 1. The number of alkyl halides is 1. The Morgan fingerprint density at radius 1 is 1.56 bits per heavy atom. The molecule has 1 unspecified atom stereocenters. The predicted molar refractivity (Wildman–Crippen MR) is 65.6 cm³/mol. The van der Waals surface area contributed by atoms with Gasteiger partial charge in [-0.15, -0.1) is 0 Å². The van der Waals surface area contributed by atoms with Crippen LogP contribution in [0.3, 0.4) is 0 Å². The summed E-state index contributed by atoms with van der Waals surface area (Å²) in [6, 6.07) is 0. The second-order valence-corrected chi connectivity index (χ2v) is 4.78. The average Bonchev–Trinajstić information content (AvgIpc) is 2.30. The number of hydrogen-bond donors (Lipinski definition) is 1. The van der Waals surface area contributed by atoms with E-state index in [1.54, 1.807) is 0 Å². The van der Waals surface area contributed by atoms with E-state index in [2.05, 4.69) is 20.8 Å². The highest BCUT2D eigenvalue weighted by Crippen LogP contribution is 2.18. The van der Waals surface area contributed by atoms with Crippen molar-refractivity contribution in [2.45, 2.75) is 25.9 Å². The normalized spacial score (nSPS) is 20.7. The second kappa shape index (κ2) is 7.25. The van der Waals surface area contributed by atoms with Gasteiger partial charge in [0.1, 0.15) is 0 Å². The second-order valence-electron chi connectivity index (χ2n) is 4.14. The van der Waals surface area contributed by atoms with E-state index in [9.17, 15) is 9.90 Å². The van der Waals surface area contributed by atoms with Crippen LogP contribution in [0, 0.1) is 5.92 Å². The number of piperidine rings is 1. The fourth-order valence-electron chi connectivity index (χ4n) is 1.96. The smallest absolute Gasteiger partial charge is 0.309 e. The first kappa shape index (κ1) is 13.9. The zero-order valence-electron chi connectivity index (χ0n) is 9.69. The third-order valence-corrected chi connectivity index (χ3v) is 3.60. The number of likely N-dealkylation sites (tertiary alicyclic amines) is 1. The Bertz CT molecular complexity index is 217. The maximum atomic E-state index is 11.5. The highest BCUT2D eigenvalue weighted by Gasteiger charge is 2.26. The molecule has 1 rings (SSSR count). The fraction of sp³-hybridized carbons (Fsp3) is 0.909. The van der Waals surface area contributed by atoms with E-state index in [-0.39, 0.29) is 18.0 Å². The maximum absolute atomic E-state index is 11.5. The molecule has 0 aromatic heterocycles. The lowest BCUT2D eigenvalue weighted by Gasteiger charge is -2.31. The van der Waals surface area contributed by atoms with E-state index in [4.69, 9.17) is 4.74 Å². The third-order valence-electron chi connectivity index (χ3n) is 2.85. The molecule has 1 saturated heterocycles. The first-order valence-corrected chi connectivity index (χ1v) is 6.92. The molecule has 16 heavy (non-hydrogen) atoms. The predicted octanol–water partition coefficient (Wildman–Crippen LogP) is 1.02. The molecule has 1 aliphatic heterocycles. The summed E-state index contributed by atoms with van der Waals surface area (Å²) >= 11 is 3.25. The first-order valence-electron chi connectivity index (χ1n) is 5.80. The molecule has 1 N–H and O–H groups in total. The number of esters is 1. The molecule has 0 saturated carbocycles. The lowest BCUT2D eigenvalue weighted by atomic mass is 9.97. The Balaban J connectivity index is 2.25. The zero-order chi connectivity index (χ0) is 12.0. The summed E-state index contributed by atoms with van der Waals surface area (Å²) in [5.41, 5.74) is 0. The number of β-amino-alcohol motifs (C(OH)–C–C–N with tert-alkyl or cyclic N) is 1. The Hall–Kier alpha value is -0.130. The van der Waals surface area contributed by atoms with E-state index in [1.165, 1.54) is 0 Å². The molecule has 0 aromatic rings. The molecule has 4 nitrogen and oxygen atoms in total. The van der Waals surface area contributed by atoms with Gasteiger partial charge in [0.2, 0.25) is 0 Å². The van der Waals surface area contributed by atoms with Crippen LogP contribution in [-0.4, -0.2) is 53.7 Å². The molecular formula is C11H20BrNO3. The van der Waals surface area contributed by atoms with Gasteiger partial charge in [-0.1, -0.05) is 15.9 Å². The summed E-state index contributed by atoms with van der Waals surface area (Å²) in [7, 11) is 0. The van der Waals surface area contributed by atoms with Crippen molar-refractivity contribution < 1.29 is 14.6 Å². The minimum atomic E-state index is -0.320. The van der Waals surface area contributed by atoms with Crippen molar-refractivity contribution in [3.8, 4) is 0 Å². The highest BCUT2D eigenvalue weighted by atomic mass is 79.9. The van der Waals surface area contributed by atoms with Crippen LogP contribution >= 0.6 is 15.9 Å². The molecule has 1 fully saturated rings. The van der Waals surface area contributed by atoms with Gasteiger partial charge in [0.25, 0.3) is 0 Å². The highest BCUT2D eigenvalue weighted by molar-refractivity contribution is 9.09. The van der Waals surface area contributed by atoms with Gasteiger partial charge in [0, 0.05) is 11.9 Å². The van der Waals surface area contributed by atoms with E-state index in [1.807, 2.05) is 6.92 Å². The lowest BCUT2D eigenvalue weighted by molar-refractivity contribution is -0.149. The largest absolute Gasteiger partial charge is 0.466 e. The summed E-state index contributed by atoms with van der Waals surface area (Å²) in [5.74, 6) is -0.0134. The van der Waals surface area contributed by atoms with Crippen molar-refractivity contribution in [2.75, 3.05) is 31.6 Å². The van der Waals surface area contributed by atoms with E-state index >= 15 is 0 Å². The standard InChI is InChI=1S/C11H20BrNO3/c1-2-16-11(15)9-3-5-13(6-4-9)8-10(14)7-12/h9-10,14H,2-8H2,1H3. The number of rotatable bonds is 5. The molecule has 0 amide bonds. The van der Waals surface area contributed by atoms with Crippen LogP contribution in [0.2, 0.25) is 0 Å². The number of carbonyl (C=O) groups is 1. The van der Waals surface area contributed by atoms with Crippen molar-refractivity contribution in [1.29, 1.82) is 0 Å². The molecule has 0 bridgehead atoms. The molecule has 1 atom stereocenters. The van der Waals surface area contributed by atoms with Gasteiger partial charge in [-0.25, -0.2) is 0 Å². The van der Waals surface area contributed by atoms with Crippen LogP contribution in [0.5, 0.6) is 0 Å². The van der Waals surface area contributed by atoms with Gasteiger partial charge in [-0.2, -0.15) is 0 Å². The summed E-state index contributed by atoms with van der Waals surface area (Å²) < 4.78 is 5.00. The quantitative estimate of drug-likeness (QED) is 0.607. The number of ether oxygens (including phenoxy) is 1. The van der Waals surface area contributed by atoms with Crippen molar-refractivity contribution in [3.63, 3.8) is 0 Å². The van der Waals surface area contributed by atoms with Crippen LogP contribution < -0.4 is 0 Å². The summed E-state index contributed by atoms with van der Waals surface area (Å²) in [6.45, 7) is 4.71. The number of aliphatic hydroxyl groups excluding tert-OH is 1. The van der Waals surface area contributed by atoms with Crippen molar-refractivity contribution >= 4 is 21.9 Å². The number of hydrogen-bond acceptors (Lipinski definition) is 4. The summed E-state index contributed by atoms with van der Waals surface area (Å²) in [4.78, 5) is 13.7. The molecule has 0 aromatic carbocycles. The minimum absolute atomic E-state index is 0.0531.